The number of rotatable bonds is 5. The standard InChI is InChI=1S/C12H17BNO4P/c1-4-9-8-14(15-6-3)19(17-9)18-11-7-12(13)16-10(11)5-2/h3-4,9-12H,1,5,7-8H2,2H3/t9?,10-,11?,12?,19-/m1/s1. The Hall–Kier alpha value is -0.565. The zero-order chi connectivity index (χ0) is 13.8. The third-order valence-corrected chi connectivity index (χ3v) is 4.53. The van der Waals surface area contributed by atoms with E-state index in [0.29, 0.717) is 13.0 Å². The van der Waals surface area contributed by atoms with Crippen LogP contribution in [0.3, 0.4) is 0 Å². The fraction of sp³-hybridized carbons (Fsp3) is 0.667. The summed E-state index contributed by atoms with van der Waals surface area (Å²) in [4.78, 5) is 6.61. The van der Waals surface area contributed by atoms with Crippen LogP contribution < -0.4 is 0 Å². The fourth-order valence-electron chi connectivity index (χ4n) is 2.08. The Kier molecular flexibility index (Phi) is 5.26. The largest absolute Gasteiger partial charge is 0.382 e. The van der Waals surface area contributed by atoms with Crippen molar-refractivity contribution in [2.24, 2.45) is 0 Å². The second-order valence-corrected chi connectivity index (χ2v) is 5.71. The van der Waals surface area contributed by atoms with Crippen LogP contribution in [-0.2, 0) is 18.6 Å². The summed E-state index contributed by atoms with van der Waals surface area (Å²) in [6, 6.07) is -0.287. The van der Waals surface area contributed by atoms with Gasteiger partial charge in [-0.25, -0.2) is 0 Å². The third-order valence-electron chi connectivity index (χ3n) is 3.02. The number of hydroxylamine groups is 1. The van der Waals surface area contributed by atoms with E-state index >= 15 is 0 Å². The molecule has 2 aliphatic heterocycles. The molecule has 0 aromatic heterocycles. The van der Waals surface area contributed by atoms with Crippen LogP contribution >= 0.6 is 8.53 Å². The minimum Gasteiger partial charge on any atom is -0.382 e. The summed E-state index contributed by atoms with van der Waals surface area (Å²) in [7, 11) is 4.42. The highest BCUT2D eigenvalue weighted by atomic mass is 31.2. The Balaban J connectivity index is 1.96. The minimum atomic E-state index is -1.36. The molecule has 7 heteroatoms. The lowest BCUT2D eigenvalue weighted by Crippen LogP contribution is -2.24. The van der Waals surface area contributed by atoms with E-state index in [1.807, 2.05) is 6.92 Å². The summed E-state index contributed by atoms with van der Waals surface area (Å²) in [5, 5.41) is 0. The van der Waals surface area contributed by atoms with Crippen molar-refractivity contribution in [1.29, 1.82) is 0 Å². The van der Waals surface area contributed by atoms with Crippen LogP contribution in [0.15, 0.2) is 12.7 Å². The molecule has 2 heterocycles. The molecule has 5 atom stereocenters. The molecule has 5 nitrogen and oxygen atoms in total. The summed E-state index contributed by atoms with van der Waals surface area (Å²) >= 11 is 0. The lowest BCUT2D eigenvalue weighted by molar-refractivity contribution is -0.00960. The van der Waals surface area contributed by atoms with Gasteiger partial charge in [0.05, 0.1) is 18.8 Å². The van der Waals surface area contributed by atoms with Gasteiger partial charge in [-0.2, -0.15) is 0 Å². The Morgan fingerprint density at radius 2 is 2.47 bits per heavy atom. The predicted molar refractivity (Wildman–Crippen MR) is 72.8 cm³/mol. The highest BCUT2D eigenvalue weighted by Gasteiger charge is 2.41. The molecule has 3 unspecified atom stereocenters. The first-order valence-corrected chi connectivity index (χ1v) is 7.38. The molecule has 0 aromatic rings. The van der Waals surface area contributed by atoms with Gasteiger partial charge in [-0.15, -0.1) is 6.58 Å². The second kappa shape index (κ2) is 6.74. The topological polar surface area (TPSA) is 40.2 Å². The first-order valence-electron chi connectivity index (χ1n) is 6.25. The molecule has 2 fully saturated rings. The lowest BCUT2D eigenvalue weighted by Gasteiger charge is -2.23. The van der Waals surface area contributed by atoms with Crippen LogP contribution in [0.5, 0.6) is 0 Å². The molecule has 0 N–H and O–H groups in total. The maximum absolute atomic E-state index is 5.94. The van der Waals surface area contributed by atoms with Crippen molar-refractivity contribution < 1.29 is 18.6 Å². The zero-order valence-electron chi connectivity index (χ0n) is 10.9. The number of ether oxygens (including phenoxy) is 1. The number of nitrogens with zero attached hydrogens (tertiary/aromatic N) is 1. The lowest BCUT2D eigenvalue weighted by atomic mass is 9.96. The Labute approximate surface area is 116 Å². The minimum absolute atomic E-state index is 0.0171. The molecular formula is C12H17BNO4P. The van der Waals surface area contributed by atoms with Gasteiger partial charge in [0, 0.05) is 6.00 Å². The van der Waals surface area contributed by atoms with Crippen LogP contribution in [-0.4, -0.2) is 43.5 Å². The van der Waals surface area contributed by atoms with E-state index in [-0.39, 0.29) is 24.3 Å². The van der Waals surface area contributed by atoms with Crippen molar-refractivity contribution in [3.8, 4) is 12.5 Å². The van der Waals surface area contributed by atoms with Gasteiger partial charge in [0.15, 0.2) is 0 Å². The molecule has 0 saturated carbocycles. The van der Waals surface area contributed by atoms with Crippen molar-refractivity contribution in [3.63, 3.8) is 0 Å². The van der Waals surface area contributed by atoms with E-state index in [4.69, 9.17) is 32.9 Å². The van der Waals surface area contributed by atoms with E-state index < -0.39 is 8.53 Å². The molecule has 19 heavy (non-hydrogen) atoms. The normalized spacial score (nSPS) is 39.1. The van der Waals surface area contributed by atoms with Gasteiger partial charge < -0.3 is 18.6 Å². The zero-order valence-corrected chi connectivity index (χ0v) is 11.8. The number of hydrogen-bond acceptors (Lipinski definition) is 5. The monoisotopic (exact) mass is 281 g/mol. The summed E-state index contributed by atoms with van der Waals surface area (Å²) in [5.41, 5.74) is 0. The SMILES string of the molecule is [B]C1CC(O[P@@]2OC(C=C)CN2OC#C)[C@@H](CC)O1. The van der Waals surface area contributed by atoms with Gasteiger partial charge in [0.25, 0.3) is 8.53 Å². The van der Waals surface area contributed by atoms with Crippen molar-refractivity contribution in [3.05, 3.63) is 12.7 Å². The Morgan fingerprint density at radius 3 is 3.11 bits per heavy atom. The first kappa shape index (κ1) is 14.8. The van der Waals surface area contributed by atoms with E-state index in [9.17, 15) is 0 Å². The highest BCUT2D eigenvalue weighted by molar-refractivity contribution is 7.44. The van der Waals surface area contributed by atoms with Crippen LogP contribution in [0.2, 0.25) is 0 Å². The maximum Gasteiger partial charge on any atom is 0.296 e. The molecule has 102 valence electrons. The van der Waals surface area contributed by atoms with Crippen LogP contribution in [0.1, 0.15) is 19.8 Å². The highest BCUT2D eigenvalue weighted by Crippen LogP contribution is 2.52. The molecule has 2 rings (SSSR count). The number of terminal acetylenes is 1. The Bertz CT molecular complexity index is 364. The van der Waals surface area contributed by atoms with Gasteiger partial charge in [-0.1, -0.05) is 24.3 Å². The maximum atomic E-state index is 5.94. The van der Waals surface area contributed by atoms with Crippen molar-refractivity contribution in [2.75, 3.05) is 6.54 Å². The first-order chi connectivity index (χ1) is 9.17. The molecule has 2 saturated heterocycles. The molecule has 0 bridgehead atoms. The molecule has 2 aliphatic rings. The molecule has 0 aromatic carbocycles. The van der Waals surface area contributed by atoms with Gasteiger partial charge in [-0.3, -0.25) is 0 Å². The third kappa shape index (κ3) is 3.50. The van der Waals surface area contributed by atoms with Gasteiger partial charge in [0.2, 0.25) is 0 Å². The molecule has 2 radical (unpaired) electrons. The predicted octanol–water partition coefficient (Wildman–Crippen LogP) is 1.70. The van der Waals surface area contributed by atoms with Crippen LogP contribution in [0, 0.1) is 12.5 Å². The smallest absolute Gasteiger partial charge is 0.296 e. The van der Waals surface area contributed by atoms with Crippen LogP contribution in [0.4, 0.5) is 0 Å². The van der Waals surface area contributed by atoms with E-state index in [1.165, 1.54) is 4.83 Å². The molecule has 0 amide bonds. The Morgan fingerprint density at radius 1 is 1.68 bits per heavy atom. The number of hydrogen-bond donors (Lipinski definition) is 0. The van der Waals surface area contributed by atoms with Gasteiger partial charge in [-0.05, 0) is 12.8 Å². The summed E-state index contributed by atoms with van der Waals surface area (Å²) in [6.07, 6.45) is 10.2. The average Bonchev–Trinajstić information content (AvgIpc) is 2.94. The fourth-order valence-corrected chi connectivity index (χ4v) is 3.59. The quantitative estimate of drug-likeness (QED) is 0.332. The van der Waals surface area contributed by atoms with E-state index in [2.05, 4.69) is 12.7 Å². The van der Waals surface area contributed by atoms with Gasteiger partial charge in [0.1, 0.15) is 20.1 Å². The molecule has 0 spiro atoms. The van der Waals surface area contributed by atoms with Crippen LogP contribution in [0.25, 0.3) is 0 Å². The molecular weight excluding hydrogens is 264 g/mol. The van der Waals surface area contributed by atoms with Crippen molar-refractivity contribution >= 4 is 16.4 Å². The summed E-state index contributed by atoms with van der Waals surface area (Å²) in [6.45, 7) is 6.24. The van der Waals surface area contributed by atoms with E-state index in [0.717, 1.165) is 6.42 Å². The summed E-state index contributed by atoms with van der Waals surface area (Å²) in [5.74, 6) is 0. The summed E-state index contributed by atoms with van der Waals surface area (Å²) < 4.78 is 17.2. The van der Waals surface area contributed by atoms with Gasteiger partial charge >= 0.3 is 0 Å². The second-order valence-electron chi connectivity index (χ2n) is 4.36. The average molecular weight is 281 g/mol. The van der Waals surface area contributed by atoms with E-state index in [1.54, 1.807) is 6.08 Å². The molecule has 0 aliphatic carbocycles. The van der Waals surface area contributed by atoms with Crippen molar-refractivity contribution in [1.82, 2.24) is 4.83 Å². The van der Waals surface area contributed by atoms with Crippen molar-refractivity contribution in [2.45, 2.75) is 44.1 Å².